The van der Waals surface area contributed by atoms with Crippen LogP contribution in [0.1, 0.15) is 6.42 Å². The van der Waals surface area contributed by atoms with Crippen molar-refractivity contribution in [2.24, 2.45) is 13.0 Å². The summed E-state index contributed by atoms with van der Waals surface area (Å²) in [7, 11) is 1.80. The maximum absolute atomic E-state index is 11.6. The van der Waals surface area contributed by atoms with Crippen LogP contribution in [0.5, 0.6) is 0 Å². The highest BCUT2D eigenvalue weighted by molar-refractivity contribution is 5.94. The Kier molecular flexibility index (Phi) is 2.25. The van der Waals surface area contributed by atoms with Crippen LogP contribution >= 0.6 is 0 Å². The molecule has 1 aromatic heterocycles. The van der Waals surface area contributed by atoms with E-state index in [1.54, 1.807) is 28.9 Å². The summed E-state index contributed by atoms with van der Waals surface area (Å²) in [6.45, 7) is 0.662. The number of rotatable bonds is 2. The first-order chi connectivity index (χ1) is 6.72. The van der Waals surface area contributed by atoms with E-state index in [0.29, 0.717) is 13.0 Å². The van der Waals surface area contributed by atoms with Gasteiger partial charge < -0.3 is 5.11 Å². The third-order valence-corrected chi connectivity index (χ3v) is 2.53. The zero-order chi connectivity index (χ0) is 10.1. The third-order valence-electron chi connectivity index (χ3n) is 2.53. The molecule has 0 aliphatic carbocycles. The minimum absolute atomic E-state index is 0.0626. The maximum Gasteiger partial charge on any atom is 0.228 e. The van der Waals surface area contributed by atoms with Crippen LogP contribution in [0.3, 0.4) is 0 Å². The summed E-state index contributed by atoms with van der Waals surface area (Å²) in [5.41, 5.74) is 0. The summed E-state index contributed by atoms with van der Waals surface area (Å²) in [5.74, 6) is 0.927. The Labute approximate surface area is 81.9 Å². The molecular weight excluding hydrogens is 182 g/mol. The first-order valence-electron chi connectivity index (χ1n) is 4.61. The highest BCUT2D eigenvalue weighted by atomic mass is 16.3. The van der Waals surface area contributed by atoms with Gasteiger partial charge in [0, 0.05) is 38.6 Å². The number of carbonyl (C=O) groups excluding carboxylic acids is 1. The number of hydrogen-bond donors (Lipinski definition) is 1. The third kappa shape index (κ3) is 1.39. The van der Waals surface area contributed by atoms with Crippen LogP contribution in [-0.2, 0) is 11.8 Å². The molecule has 1 atom stereocenters. The SMILES string of the molecule is Cn1nccc1N1CC(CO)CC1=O. The standard InChI is InChI=1S/C9H13N3O2/c1-11-8(2-3-10-11)12-5-7(6-13)4-9(12)14/h2-3,7,13H,4-6H2,1H3. The fourth-order valence-electron chi connectivity index (χ4n) is 1.76. The Morgan fingerprint density at radius 3 is 3.00 bits per heavy atom. The second kappa shape index (κ2) is 3.42. The van der Waals surface area contributed by atoms with E-state index in [1.807, 2.05) is 0 Å². The van der Waals surface area contributed by atoms with Gasteiger partial charge in [-0.15, -0.1) is 0 Å². The predicted octanol–water partition coefficient (Wildman–Crippen LogP) is -0.235. The lowest BCUT2D eigenvalue weighted by molar-refractivity contribution is -0.117. The molecule has 2 heterocycles. The largest absolute Gasteiger partial charge is 0.396 e. The minimum Gasteiger partial charge on any atom is -0.396 e. The summed E-state index contributed by atoms with van der Waals surface area (Å²) < 4.78 is 1.66. The summed E-state index contributed by atoms with van der Waals surface area (Å²) >= 11 is 0. The van der Waals surface area contributed by atoms with Crippen molar-refractivity contribution in [2.75, 3.05) is 18.1 Å². The van der Waals surface area contributed by atoms with Crippen molar-refractivity contribution in [3.63, 3.8) is 0 Å². The van der Waals surface area contributed by atoms with Crippen molar-refractivity contribution in [2.45, 2.75) is 6.42 Å². The molecule has 0 saturated carbocycles. The van der Waals surface area contributed by atoms with Crippen LogP contribution in [0.2, 0.25) is 0 Å². The van der Waals surface area contributed by atoms with Gasteiger partial charge in [0.2, 0.25) is 5.91 Å². The van der Waals surface area contributed by atoms with Gasteiger partial charge in [0.25, 0.3) is 0 Å². The maximum atomic E-state index is 11.6. The molecule has 0 bridgehead atoms. The lowest BCUT2D eigenvalue weighted by Crippen LogP contribution is -2.27. The van der Waals surface area contributed by atoms with Crippen molar-refractivity contribution < 1.29 is 9.90 Å². The van der Waals surface area contributed by atoms with E-state index in [0.717, 1.165) is 5.82 Å². The van der Waals surface area contributed by atoms with Crippen LogP contribution in [-0.4, -0.2) is 33.9 Å². The monoisotopic (exact) mass is 195 g/mol. The number of carbonyl (C=O) groups is 1. The molecule has 1 saturated heterocycles. The number of amides is 1. The highest BCUT2D eigenvalue weighted by Gasteiger charge is 2.31. The molecule has 0 aromatic carbocycles. The van der Waals surface area contributed by atoms with Gasteiger partial charge in [-0.3, -0.25) is 14.4 Å². The quantitative estimate of drug-likeness (QED) is 0.709. The van der Waals surface area contributed by atoms with Gasteiger partial charge in [-0.2, -0.15) is 5.10 Å². The Bertz CT molecular complexity index is 348. The van der Waals surface area contributed by atoms with Crippen molar-refractivity contribution in [3.8, 4) is 0 Å². The smallest absolute Gasteiger partial charge is 0.228 e. The van der Waals surface area contributed by atoms with E-state index in [1.165, 1.54) is 0 Å². The van der Waals surface area contributed by atoms with Gasteiger partial charge in [0.05, 0.1) is 6.20 Å². The Balaban J connectivity index is 2.20. The molecule has 2 rings (SSSR count). The van der Waals surface area contributed by atoms with Crippen LogP contribution in [0.15, 0.2) is 12.3 Å². The summed E-state index contributed by atoms with van der Waals surface area (Å²) in [5, 5.41) is 13.0. The number of anilines is 1. The molecule has 1 fully saturated rings. The van der Waals surface area contributed by atoms with Gasteiger partial charge in [-0.1, -0.05) is 0 Å². The van der Waals surface area contributed by atoms with E-state index in [9.17, 15) is 4.79 Å². The first-order valence-corrected chi connectivity index (χ1v) is 4.61. The average Bonchev–Trinajstić information content (AvgIpc) is 2.72. The molecule has 1 aromatic rings. The van der Waals surface area contributed by atoms with Crippen molar-refractivity contribution in [1.82, 2.24) is 9.78 Å². The number of aliphatic hydroxyl groups excluding tert-OH is 1. The number of nitrogens with zero attached hydrogens (tertiary/aromatic N) is 3. The van der Waals surface area contributed by atoms with Crippen LogP contribution in [0.4, 0.5) is 5.82 Å². The normalized spacial score (nSPS) is 22.0. The van der Waals surface area contributed by atoms with Crippen LogP contribution in [0, 0.1) is 5.92 Å². The summed E-state index contributed by atoms with van der Waals surface area (Å²) in [4.78, 5) is 13.2. The lowest BCUT2D eigenvalue weighted by atomic mass is 10.1. The molecule has 14 heavy (non-hydrogen) atoms. The fourth-order valence-corrected chi connectivity index (χ4v) is 1.76. The number of aromatic nitrogens is 2. The topological polar surface area (TPSA) is 58.4 Å². The van der Waals surface area contributed by atoms with Gasteiger partial charge in [-0.05, 0) is 0 Å². The van der Waals surface area contributed by atoms with Crippen molar-refractivity contribution >= 4 is 11.7 Å². The first kappa shape index (κ1) is 9.21. The zero-order valence-electron chi connectivity index (χ0n) is 8.05. The molecule has 0 radical (unpaired) electrons. The molecule has 1 N–H and O–H groups in total. The highest BCUT2D eigenvalue weighted by Crippen LogP contribution is 2.23. The van der Waals surface area contributed by atoms with E-state index >= 15 is 0 Å². The minimum atomic E-state index is 0.0626. The molecule has 1 aliphatic rings. The molecule has 1 aliphatic heterocycles. The number of aliphatic hydroxyl groups is 1. The van der Waals surface area contributed by atoms with E-state index < -0.39 is 0 Å². The lowest BCUT2D eigenvalue weighted by Gasteiger charge is -2.15. The van der Waals surface area contributed by atoms with Gasteiger partial charge in [0.15, 0.2) is 0 Å². The van der Waals surface area contributed by atoms with Gasteiger partial charge in [-0.25, -0.2) is 0 Å². The van der Waals surface area contributed by atoms with E-state index in [2.05, 4.69) is 5.10 Å². The molecule has 5 nitrogen and oxygen atoms in total. The van der Waals surface area contributed by atoms with Gasteiger partial charge in [0.1, 0.15) is 5.82 Å². The zero-order valence-corrected chi connectivity index (χ0v) is 8.05. The molecule has 0 spiro atoms. The Morgan fingerprint density at radius 2 is 2.50 bits per heavy atom. The summed E-state index contributed by atoms with van der Waals surface area (Å²) in [6.07, 6.45) is 2.09. The van der Waals surface area contributed by atoms with Crippen LogP contribution in [0.25, 0.3) is 0 Å². The molecule has 76 valence electrons. The number of aryl methyl sites for hydroxylation is 1. The van der Waals surface area contributed by atoms with E-state index in [4.69, 9.17) is 5.11 Å². The molecule has 5 heteroatoms. The average molecular weight is 195 g/mol. The molecule has 1 unspecified atom stereocenters. The molecule has 1 amide bonds. The second-order valence-corrected chi connectivity index (χ2v) is 3.57. The second-order valence-electron chi connectivity index (χ2n) is 3.57. The van der Waals surface area contributed by atoms with Gasteiger partial charge >= 0.3 is 0 Å². The number of hydrogen-bond acceptors (Lipinski definition) is 3. The Morgan fingerprint density at radius 1 is 1.71 bits per heavy atom. The Hall–Kier alpha value is -1.36. The fraction of sp³-hybridized carbons (Fsp3) is 0.556. The van der Waals surface area contributed by atoms with Crippen molar-refractivity contribution in [3.05, 3.63) is 12.3 Å². The van der Waals surface area contributed by atoms with E-state index in [-0.39, 0.29) is 18.4 Å². The van der Waals surface area contributed by atoms with Crippen molar-refractivity contribution in [1.29, 1.82) is 0 Å². The summed E-state index contributed by atoms with van der Waals surface area (Å²) in [6, 6.07) is 1.80. The van der Waals surface area contributed by atoms with Crippen LogP contribution < -0.4 is 4.90 Å². The predicted molar refractivity (Wildman–Crippen MR) is 50.8 cm³/mol. The molecular formula is C9H13N3O2.